The molecule has 4 nitrogen and oxygen atoms in total. The number of methoxy groups -OCH3 is 1. The van der Waals surface area contributed by atoms with Gasteiger partial charge in [0.2, 0.25) is 5.78 Å². The number of hydrogen-bond acceptors (Lipinski definition) is 3. The maximum Gasteiger partial charge on any atom is 0.216 e. The van der Waals surface area contributed by atoms with Crippen LogP contribution in [-0.4, -0.2) is 22.7 Å². The molecule has 0 atom stereocenters. The number of rotatable bonds is 3. The molecule has 1 heterocycles. The second kappa shape index (κ2) is 5.12. The first-order valence-electron chi connectivity index (χ1n) is 5.10. The normalized spacial score (nSPS) is 10.4. The van der Waals surface area contributed by atoms with Crippen molar-refractivity contribution in [2.75, 3.05) is 7.11 Å². The summed E-state index contributed by atoms with van der Waals surface area (Å²) in [6.07, 6.45) is 1.50. The summed E-state index contributed by atoms with van der Waals surface area (Å²) in [6, 6.07) is 5.11. The average Bonchev–Trinajstić information content (AvgIpc) is 2.69. The zero-order valence-corrected chi connectivity index (χ0v) is 12.1. The van der Waals surface area contributed by atoms with Crippen LogP contribution in [0.15, 0.2) is 28.9 Å². The number of ketones is 1. The van der Waals surface area contributed by atoms with Gasteiger partial charge in [0.25, 0.3) is 0 Å². The smallest absolute Gasteiger partial charge is 0.216 e. The van der Waals surface area contributed by atoms with Gasteiger partial charge in [0.05, 0.1) is 18.3 Å². The summed E-state index contributed by atoms with van der Waals surface area (Å²) in [4.78, 5) is 12.4. The highest BCUT2D eigenvalue weighted by Gasteiger charge is 2.21. The third kappa shape index (κ3) is 2.28. The Bertz CT molecular complexity index is 610. The van der Waals surface area contributed by atoms with Gasteiger partial charge in [-0.3, -0.25) is 9.48 Å². The van der Waals surface area contributed by atoms with Crippen molar-refractivity contribution in [3.63, 3.8) is 0 Å². The van der Waals surface area contributed by atoms with Crippen LogP contribution in [0.25, 0.3) is 0 Å². The van der Waals surface area contributed by atoms with Gasteiger partial charge in [-0.1, -0.05) is 27.5 Å². The van der Waals surface area contributed by atoms with Crippen molar-refractivity contribution in [2.45, 2.75) is 0 Å². The number of hydrogen-bond donors (Lipinski definition) is 0. The molecule has 1 aromatic heterocycles. The van der Waals surface area contributed by atoms with Gasteiger partial charge < -0.3 is 4.74 Å². The SMILES string of the molecule is COc1cnn(C)c1C(=O)c1ccc(Br)cc1Cl. The van der Waals surface area contributed by atoms with Gasteiger partial charge in [-0.15, -0.1) is 0 Å². The van der Waals surface area contributed by atoms with E-state index in [9.17, 15) is 4.79 Å². The molecule has 0 spiro atoms. The van der Waals surface area contributed by atoms with Crippen LogP contribution in [0.5, 0.6) is 5.75 Å². The molecule has 0 saturated heterocycles. The Hall–Kier alpha value is -1.33. The molecule has 0 fully saturated rings. The van der Waals surface area contributed by atoms with Gasteiger partial charge in [-0.05, 0) is 18.2 Å². The van der Waals surface area contributed by atoms with Gasteiger partial charge in [-0.25, -0.2) is 0 Å². The summed E-state index contributed by atoms with van der Waals surface area (Å²) in [5.74, 6) is 0.214. The number of carbonyl (C=O) groups excluding carboxylic acids is 1. The zero-order valence-electron chi connectivity index (χ0n) is 9.78. The van der Waals surface area contributed by atoms with Crippen LogP contribution in [0.3, 0.4) is 0 Å². The summed E-state index contributed by atoms with van der Waals surface area (Å²) in [6.45, 7) is 0. The largest absolute Gasteiger partial charge is 0.493 e. The monoisotopic (exact) mass is 328 g/mol. The van der Waals surface area contributed by atoms with E-state index in [-0.39, 0.29) is 5.78 Å². The minimum Gasteiger partial charge on any atom is -0.493 e. The third-order valence-corrected chi connectivity index (χ3v) is 3.32. The standard InChI is InChI=1S/C12H10BrClN2O2/c1-16-11(10(18-2)6-15-16)12(17)8-4-3-7(13)5-9(8)14/h3-6H,1-2H3. The highest BCUT2D eigenvalue weighted by molar-refractivity contribution is 9.10. The Morgan fingerprint density at radius 1 is 1.50 bits per heavy atom. The molecule has 18 heavy (non-hydrogen) atoms. The number of ether oxygens (including phenoxy) is 1. The molecule has 0 unspecified atom stereocenters. The number of benzene rings is 1. The lowest BCUT2D eigenvalue weighted by molar-refractivity contribution is 0.102. The molecule has 0 aliphatic heterocycles. The van der Waals surface area contributed by atoms with E-state index in [2.05, 4.69) is 21.0 Å². The fourth-order valence-corrected chi connectivity index (χ4v) is 2.39. The molecule has 0 saturated carbocycles. The summed E-state index contributed by atoms with van der Waals surface area (Å²) in [7, 11) is 3.18. The van der Waals surface area contributed by atoms with Crippen LogP contribution in [-0.2, 0) is 7.05 Å². The van der Waals surface area contributed by atoms with Crippen molar-refractivity contribution >= 4 is 33.3 Å². The summed E-state index contributed by atoms with van der Waals surface area (Å²) in [5, 5.41) is 4.39. The topological polar surface area (TPSA) is 44.1 Å². The number of nitrogens with zero attached hydrogens (tertiary/aromatic N) is 2. The molecule has 2 aromatic rings. The Labute approximate surface area is 118 Å². The summed E-state index contributed by atoms with van der Waals surface area (Å²) >= 11 is 9.37. The Kier molecular flexibility index (Phi) is 3.73. The maximum absolute atomic E-state index is 12.4. The van der Waals surface area contributed by atoms with Crippen LogP contribution in [0.4, 0.5) is 0 Å². The van der Waals surface area contributed by atoms with Crippen LogP contribution < -0.4 is 4.74 Å². The van der Waals surface area contributed by atoms with Crippen LogP contribution in [0, 0.1) is 0 Å². The molecule has 1 aromatic carbocycles. The minimum absolute atomic E-state index is 0.218. The molecular weight excluding hydrogens is 320 g/mol. The van der Waals surface area contributed by atoms with Crippen LogP contribution in [0.2, 0.25) is 5.02 Å². The Morgan fingerprint density at radius 3 is 2.83 bits per heavy atom. The van der Waals surface area contributed by atoms with Crippen molar-refractivity contribution in [2.24, 2.45) is 7.05 Å². The van der Waals surface area contributed by atoms with E-state index in [0.29, 0.717) is 22.0 Å². The third-order valence-electron chi connectivity index (χ3n) is 2.52. The van der Waals surface area contributed by atoms with Gasteiger partial charge in [0.1, 0.15) is 0 Å². The van der Waals surface area contributed by atoms with E-state index in [1.54, 1.807) is 25.2 Å². The number of halogens is 2. The molecule has 6 heteroatoms. The summed E-state index contributed by atoms with van der Waals surface area (Å²) in [5.41, 5.74) is 0.795. The Morgan fingerprint density at radius 2 is 2.22 bits per heavy atom. The first kappa shape index (κ1) is 13.1. The molecule has 0 aliphatic rings. The molecule has 0 radical (unpaired) electrons. The van der Waals surface area contributed by atoms with Gasteiger partial charge >= 0.3 is 0 Å². The number of aryl methyl sites for hydroxylation is 1. The van der Waals surface area contributed by atoms with Crippen LogP contribution >= 0.6 is 27.5 Å². The quantitative estimate of drug-likeness (QED) is 0.813. The zero-order chi connectivity index (χ0) is 13.3. The van der Waals surface area contributed by atoms with Gasteiger partial charge in [0, 0.05) is 17.1 Å². The Balaban J connectivity index is 2.51. The highest BCUT2D eigenvalue weighted by Crippen LogP contribution is 2.26. The fraction of sp³-hybridized carbons (Fsp3) is 0.167. The van der Waals surface area contributed by atoms with Crippen molar-refractivity contribution in [1.82, 2.24) is 9.78 Å². The van der Waals surface area contributed by atoms with E-state index in [1.807, 2.05) is 0 Å². The summed E-state index contributed by atoms with van der Waals surface area (Å²) < 4.78 is 7.41. The highest BCUT2D eigenvalue weighted by atomic mass is 79.9. The van der Waals surface area contributed by atoms with E-state index in [0.717, 1.165) is 4.47 Å². The van der Waals surface area contributed by atoms with E-state index in [4.69, 9.17) is 16.3 Å². The molecule has 2 rings (SSSR count). The van der Waals surface area contributed by atoms with Crippen molar-refractivity contribution < 1.29 is 9.53 Å². The molecule has 0 aliphatic carbocycles. The predicted octanol–water partition coefficient (Wildman–Crippen LogP) is 3.08. The van der Waals surface area contributed by atoms with Gasteiger partial charge in [-0.2, -0.15) is 5.10 Å². The number of aromatic nitrogens is 2. The molecular formula is C12H10BrClN2O2. The van der Waals surface area contributed by atoms with E-state index < -0.39 is 0 Å². The van der Waals surface area contributed by atoms with Crippen LogP contribution in [0.1, 0.15) is 16.1 Å². The second-order valence-electron chi connectivity index (χ2n) is 3.64. The lowest BCUT2D eigenvalue weighted by atomic mass is 10.1. The number of carbonyl (C=O) groups is 1. The minimum atomic E-state index is -0.218. The lowest BCUT2D eigenvalue weighted by Crippen LogP contribution is -2.10. The lowest BCUT2D eigenvalue weighted by Gasteiger charge is -2.06. The van der Waals surface area contributed by atoms with Gasteiger partial charge in [0.15, 0.2) is 11.4 Å². The molecule has 0 amide bonds. The molecule has 94 valence electrons. The second-order valence-corrected chi connectivity index (χ2v) is 4.96. The first-order valence-corrected chi connectivity index (χ1v) is 6.27. The first-order chi connectivity index (χ1) is 8.54. The average molecular weight is 330 g/mol. The van der Waals surface area contributed by atoms with Crippen molar-refractivity contribution in [3.8, 4) is 5.75 Å². The van der Waals surface area contributed by atoms with E-state index >= 15 is 0 Å². The molecule has 0 N–H and O–H groups in total. The maximum atomic E-state index is 12.4. The predicted molar refractivity (Wildman–Crippen MR) is 72.3 cm³/mol. The molecule has 0 bridgehead atoms. The van der Waals surface area contributed by atoms with E-state index in [1.165, 1.54) is 18.0 Å². The van der Waals surface area contributed by atoms with Crippen molar-refractivity contribution in [3.05, 3.63) is 45.1 Å². The fourth-order valence-electron chi connectivity index (χ4n) is 1.63. The van der Waals surface area contributed by atoms with Crippen molar-refractivity contribution in [1.29, 1.82) is 0 Å².